The molecule has 0 N–H and O–H groups in total. The van der Waals surface area contributed by atoms with Gasteiger partial charge in [-0.3, -0.25) is 9.59 Å². The SMILES string of the molecule is Cc1ccc([C@@H]2[C@H](C(=O)N3C[C@H](C)C[C@H](C)C3)OCC(=O)N2C)cc1. The minimum absolute atomic E-state index is 0.00308. The van der Waals surface area contributed by atoms with Gasteiger partial charge in [0.05, 0.1) is 6.04 Å². The lowest BCUT2D eigenvalue weighted by Crippen LogP contribution is -2.55. The second-order valence-corrected chi connectivity index (χ2v) is 7.78. The first-order chi connectivity index (χ1) is 11.9. The van der Waals surface area contributed by atoms with Gasteiger partial charge in [0.15, 0.2) is 6.10 Å². The number of likely N-dealkylation sites (tertiary alicyclic amines) is 1. The molecule has 136 valence electrons. The third-order valence-corrected chi connectivity index (χ3v) is 5.33. The second-order valence-electron chi connectivity index (χ2n) is 7.78. The Balaban J connectivity index is 1.87. The van der Waals surface area contributed by atoms with Crippen molar-refractivity contribution < 1.29 is 14.3 Å². The van der Waals surface area contributed by atoms with Crippen molar-refractivity contribution in [3.8, 4) is 0 Å². The van der Waals surface area contributed by atoms with E-state index in [9.17, 15) is 9.59 Å². The maximum Gasteiger partial charge on any atom is 0.254 e. The average Bonchev–Trinajstić information content (AvgIpc) is 2.57. The van der Waals surface area contributed by atoms with Gasteiger partial charge < -0.3 is 14.5 Å². The molecule has 0 spiro atoms. The number of nitrogens with zero attached hydrogens (tertiary/aromatic N) is 2. The second kappa shape index (κ2) is 7.16. The molecule has 2 heterocycles. The minimum atomic E-state index is -0.636. The van der Waals surface area contributed by atoms with Gasteiger partial charge in [0, 0.05) is 20.1 Å². The molecule has 0 aromatic heterocycles. The van der Waals surface area contributed by atoms with Gasteiger partial charge in [0.25, 0.3) is 5.91 Å². The van der Waals surface area contributed by atoms with Crippen LogP contribution in [0.25, 0.3) is 0 Å². The maximum atomic E-state index is 13.2. The summed E-state index contributed by atoms with van der Waals surface area (Å²) in [6, 6.07) is 7.62. The van der Waals surface area contributed by atoms with Crippen LogP contribution >= 0.6 is 0 Å². The molecule has 1 aromatic carbocycles. The Morgan fingerprint density at radius 2 is 1.72 bits per heavy atom. The van der Waals surface area contributed by atoms with Crippen molar-refractivity contribution in [3.05, 3.63) is 35.4 Å². The Morgan fingerprint density at radius 3 is 2.32 bits per heavy atom. The van der Waals surface area contributed by atoms with Crippen molar-refractivity contribution in [2.24, 2.45) is 11.8 Å². The smallest absolute Gasteiger partial charge is 0.254 e. The van der Waals surface area contributed by atoms with Crippen LogP contribution in [0.4, 0.5) is 0 Å². The number of hydrogen-bond acceptors (Lipinski definition) is 3. The van der Waals surface area contributed by atoms with Gasteiger partial charge in [-0.1, -0.05) is 43.7 Å². The van der Waals surface area contributed by atoms with Crippen molar-refractivity contribution in [2.75, 3.05) is 26.7 Å². The highest BCUT2D eigenvalue weighted by atomic mass is 16.5. The predicted octanol–water partition coefficient (Wildman–Crippen LogP) is 2.40. The molecule has 2 amide bonds. The molecule has 0 aliphatic carbocycles. The standard InChI is InChI=1S/C20H28N2O3/c1-13-5-7-16(8-6-13)18-19(25-12-17(23)21(18)4)20(24)22-10-14(2)9-15(3)11-22/h5-8,14-15,18-19H,9-12H2,1-4H3/t14-,15+,18-,19-/m1/s1. The summed E-state index contributed by atoms with van der Waals surface area (Å²) in [7, 11) is 1.76. The molecule has 0 bridgehead atoms. The van der Waals surface area contributed by atoms with Gasteiger partial charge in [-0.2, -0.15) is 0 Å². The van der Waals surface area contributed by atoms with Crippen LogP contribution in [-0.2, 0) is 14.3 Å². The van der Waals surface area contributed by atoms with E-state index in [1.165, 1.54) is 0 Å². The first kappa shape index (κ1) is 17.9. The summed E-state index contributed by atoms with van der Waals surface area (Å²) >= 11 is 0. The molecular weight excluding hydrogens is 316 g/mol. The molecule has 4 atom stereocenters. The molecule has 2 aliphatic rings. The number of carbonyl (C=O) groups is 2. The lowest BCUT2D eigenvalue weighted by Gasteiger charge is -2.42. The van der Waals surface area contributed by atoms with Crippen LogP contribution in [0.1, 0.15) is 37.4 Å². The number of carbonyl (C=O) groups excluding carboxylic acids is 2. The van der Waals surface area contributed by atoms with E-state index in [1.807, 2.05) is 36.1 Å². The molecule has 0 radical (unpaired) electrons. The van der Waals surface area contributed by atoms with E-state index < -0.39 is 6.10 Å². The zero-order chi connectivity index (χ0) is 18.1. The van der Waals surface area contributed by atoms with E-state index >= 15 is 0 Å². The molecular formula is C20H28N2O3. The van der Waals surface area contributed by atoms with E-state index in [1.54, 1.807) is 11.9 Å². The summed E-state index contributed by atoms with van der Waals surface area (Å²) < 4.78 is 5.76. The van der Waals surface area contributed by atoms with Crippen LogP contribution in [0.5, 0.6) is 0 Å². The normalized spacial score (nSPS) is 30.5. The van der Waals surface area contributed by atoms with Gasteiger partial charge in [0.1, 0.15) is 6.61 Å². The Kier molecular flexibility index (Phi) is 5.13. The van der Waals surface area contributed by atoms with Crippen molar-refractivity contribution >= 4 is 11.8 Å². The molecule has 25 heavy (non-hydrogen) atoms. The van der Waals surface area contributed by atoms with Gasteiger partial charge >= 0.3 is 0 Å². The van der Waals surface area contributed by atoms with Crippen LogP contribution in [0.2, 0.25) is 0 Å². The molecule has 0 saturated carbocycles. The monoisotopic (exact) mass is 344 g/mol. The minimum Gasteiger partial charge on any atom is -0.356 e. The lowest BCUT2D eigenvalue weighted by molar-refractivity contribution is -0.168. The highest BCUT2D eigenvalue weighted by Crippen LogP contribution is 2.32. The number of piperidine rings is 1. The zero-order valence-electron chi connectivity index (χ0n) is 15.6. The average molecular weight is 344 g/mol. The van der Waals surface area contributed by atoms with Crippen molar-refractivity contribution in [1.29, 1.82) is 0 Å². The maximum absolute atomic E-state index is 13.2. The Bertz CT molecular complexity index is 633. The molecule has 5 nitrogen and oxygen atoms in total. The van der Waals surface area contributed by atoms with Crippen molar-refractivity contribution in [2.45, 2.75) is 39.3 Å². The topological polar surface area (TPSA) is 49.9 Å². The van der Waals surface area contributed by atoms with Gasteiger partial charge in [-0.15, -0.1) is 0 Å². The van der Waals surface area contributed by atoms with Crippen LogP contribution in [0.3, 0.4) is 0 Å². The highest BCUT2D eigenvalue weighted by molar-refractivity contribution is 5.86. The van der Waals surface area contributed by atoms with E-state index in [-0.39, 0.29) is 24.5 Å². The Labute approximate surface area is 149 Å². The van der Waals surface area contributed by atoms with Gasteiger partial charge in [0.2, 0.25) is 5.91 Å². The summed E-state index contributed by atoms with van der Waals surface area (Å²) in [5.41, 5.74) is 2.09. The Hall–Kier alpha value is -1.88. The van der Waals surface area contributed by atoms with Crippen LogP contribution in [-0.4, -0.2) is 54.5 Å². The number of amides is 2. The number of morpholine rings is 1. The summed E-state index contributed by atoms with van der Waals surface area (Å²) in [5, 5.41) is 0. The van der Waals surface area contributed by atoms with E-state index in [0.717, 1.165) is 30.6 Å². The molecule has 0 unspecified atom stereocenters. The number of ether oxygens (including phenoxy) is 1. The number of aryl methyl sites for hydroxylation is 1. The van der Waals surface area contributed by atoms with Crippen molar-refractivity contribution in [1.82, 2.24) is 9.80 Å². The fraction of sp³-hybridized carbons (Fsp3) is 0.600. The van der Waals surface area contributed by atoms with Crippen molar-refractivity contribution in [3.63, 3.8) is 0 Å². The number of likely N-dealkylation sites (N-methyl/N-ethyl adjacent to an activating group) is 1. The van der Waals surface area contributed by atoms with E-state index in [0.29, 0.717) is 11.8 Å². The summed E-state index contributed by atoms with van der Waals surface area (Å²) in [6.45, 7) is 7.89. The van der Waals surface area contributed by atoms with Gasteiger partial charge in [-0.05, 0) is 30.7 Å². The van der Waals surface area contributed by atoms with Crippen LogP contribution < -0.4 is 0 Å². The third-order valence-electron chi connectivity index (χ3n) is 5.33. The zero-order valence-corrected chi connectivity index (χ0v) is 15.6. The highest BCUT2D eigenvalue weighted by Gasteiger charge is 2.42. The molecule has 1 aromatic rings. The summed E-state index contributed by atoms with van der Waals surface area (Å²) in [5.74, 6) is 0.903. The molecule has 5 heteroatoms. The predicted molar refractivity (Wildman–Crippen MR) is 96.0 cm³/mol. The van der Waals surface area contributed by atoms with E-state index in [2.05, 4.69) is 13.8 Å². The fourth-order valence-corrected chi connectivity index (χ4v) is 4.10. The first-order valence-electron chi connectivity index (χ1n) is 9.09. The first-order valence-corrected chi connectivity index (χ1v) is 9.09. The number of benzene rings is 1. The molecule has 3 rings (SSSR count). The summed E-state index contributed by atoms with van der Waals surface area (Å²) in [4.78, 5) is 29.0. The summed E-state index contributed by atoms with van der Waals surface area (Å²) in [6.07, 6.45) is 0.512. The Morgan fingerprint density at radius 1 is 1.12 bits per heavy atom. The fourth-order valence-electron chi connectivity index (χ4n) is 4.10. The van der Waals surface area contributed by atoms with Crippen LogP contribution in [0.15, 0.2) is 24.3 Å². The lowest BCUT2D eigenvalue weighted by atomic mass is 9.90. The molecule has 2 saturated heterocycles. The van der Waals surface area contributed by atoms with Crippen LogP contribution in [0, 0.1) is 18.8 Å². The quantitative estimate of drug-likeness (QED) is 0.828. The molecule has 2 fully saturated rings. The number of rotatable bonds is 2. The van der Waals surface area contributed by atoms with Gasteiger partial charge in [-0.25, -0.2) is 0 Å². The molecule has 2 aliphatic heterocycles. The third kappa shape index (κ3) is 3.71. The van der Waals surface area contributed by atoms with E-state index in [4.69, 9.17) is 4.74 Å². The largest absolute Gasteiger partial charge is 0.356 e. The number of hydrogen-bond donors (Lipinski definition) is 0.